The Labute approximate surface area is 164 Å². The molecule has 6 heteroatoms. The molecule has 160 valence electrons. The van der Waals surface area contributed by atoms with Gasteiger partial charge in [-0.1, -0.05) is 51.4 Å². The van der Waals surface area contributed by atoms with Crippen molar-refractivity contribution < 1.29 is 29.3 Å². The molecule has 2 N–H and O–H groups in total. The normalized spacial score (nSPS) is 12.0. The van der Waals surface area contributed by atoms with Crippen molar-refractivity contribution in [1.29, 1.82) is 0 Å². The second-order valence-corrected chi connectivity index (χ2v) is 7.17. The zero-order valence-electron chi connectivity index (χ0n) is 17.1. The highest BCUT2D eigenvalue weighted by Crippen LogP contribution is 2.09. The summed E-state index contributed by atoms with van der Waals surface area (Å²) in [5.74, 6) is -0.479. The Kier molecular flexibility index (Phi) is 18.8. The third-order valence-corrected chi connectivity index (χ3v) is 4.39. The van der Waals surface area contributed by atoms with Crippen LogP contribution in [0.4, 0.5) is 0 Å². The number of rotatable bonds is 19. The van der Waals surface area contributed by atoms with Crippen LogP contribution in [0.5, 0.6) is 0 Å². The van der Waals surface area contributed by atoms with Gasteiger partial charge in [-0.2, -0.15) is 0 Å². The van der Waals surface area contributed by atoms with E-state index in [1.807, 2.05) is 0 Å². The van der Waals surface area contributed by atoms with Crippen LogP contribution in [0, 0.1) is 0 Å². The molecule has 0 aliphatic carbocycles. The van der Waals surface area contributed by atoms with E-state index in [2.05, 4.69) is 0 Å². The summed E-state index contributed by atoms with van der Waals surface area (Å²) < 4.78 is 10.4. The Bertz CT molecular complexity index is 359. The van der Waals surface area contributed by atoms with Gasteiger partial charge in [-0.3, -0.25) is 9.59 Å². The van der Waals surface area contributed by atoms with Crippen molar-refractivity contribution in [2.45, 2.75) is 103 Å². The fourth-order valence-electron chi connectivity index (χ4n) is 2.78. The van der Waals surface area contributed by atoms with Crippen LogP contribution in [0.25, 0.3) is 0 Å². The van der Waals surface area contributed by atoms with E-state index < -0.39 is 6.10 Å². The van der Waals surface area contributed by atoms with E-state index in [0.717, 1.165) is 77.0 Å². The molecule has 27 heavy (non-hydrogen) atoms. The fraction of sp³-hybridized carbons (Fsp3) is 0.905. The molecule has 0 aliphatic heterocycles. The number of unbranched alkanes of at least 4 members (excludes halogenated alkanes) is 10. The van der Waals surface area contributed by atoms with Crippen molar-refractivity contribution in [2.75, 3.05) is 19.8 Å². The van der Waals surface area contributed by atoms with Gasteiger partial charge >= 0.3 is 11.9 Å². The zero-order chi connectivity index (χ0) is 20.2. The Morgan fingerprint density at radius 3 is 1.56 bits per heavy atom. The summed E-state index contributed by atoms with van der Waals surface area (Å²) in [6, 6.07) is 0. The molecule has 0 aromatic heterocycles. The standard InChI is InChI=1S/C21H40O6/c1-19(27-21(25)15-11-7-3-5-9-13-17-23)18-26-20(24)14-10-6-2-4-8-12-16-22/h19,22-23H,2-18H2,1H3. The molecule has 0 amide bonds. The summed E-state index contributed by atoms with van der Waals surface area (Å²) in [4.78, 5) is 23.4. The minimum atomic E-state index is -0.413. The molecular weight excluding hydrogens is 348 g/mol. The van der Waals surface area contributed by atoms with Gasteiger partial charge in [-0.15, -0.1) is 0 Å². The van der Waals surface area contributed by atoms with Gasteiger partial charge in [0.1, 0.15) is 12.7 Å². The predicted octanol–water partition coefficient (Wildman–Crippen LogP) is 3.91. The SMILES string of the molecule is CC(COC(=O)CCCCCCCCO)OC(=O)CCCCCCCCO. The first-order valence-electron chi connectivity index (χ1n) is 10.7. The summed E-state index contributed by atoms with van der Waals surface area (Å²) in [7, 11) is 0. The van der Waals surface area contributed by atoms with Crippen LogP contribution in [0.2, 0.25) is 0 Å². The minimum Gasteiger partial charge on any atom is -0.462 e. The van der Waals surface area contributed by atoms with Gasteiger partial charge in [0.2, 0.25) is 0 Å². The number of carbonyl (C=O) groups excluding carboxylic acids is 2. The first-order chi connectivity index (χ1) is 13.1. The quantitative estimate of drug-likeness (QED) is 0.257. The average Bonchev–Trinajstić information content (AvgIpc) is 2.65. The molecule has 0 radical (unpaired) electrons. The van der Waals surface area contributed by atoms with Crippen molar-refractivity contribution in [3.05, 3.63) is 0 Å². The van der Waals surface area contributed by atoms with E-state index >= 15 is 0 Å². The van der Waals surface area contributed by atoms with Crippen LogP contribution in [-0.4, -0.2) is 48.1 Å². The van der Waals surface area contributed by atoms with E-state index in [1.165, 1.54) is 0 Å². The first kappa shape index (κ1) is 25.9. The lowest BCUT2D eigenvalue weighted by molar-refractivity contribution is -0.158. The van der Waals surface area contributed by atoms with Crippen LogP contribution >= 0.6 is 0 Å². The minimum absolute atomic E-state index is 0.113. The van der Waals surface area contributed by atoms with Crippen LogP contribution in [-0.2, 0) is 19.1 Å². The van der Waals surface area contributed by atoms with Crippen molar-refractivity contribution in [2.24, 2.45) is 0 Å². The maximum atomic E-state index is 11.7. The second-order valence-electron chi connectivity index (χ2n) is 7.17. The molecule has 1 atom stereocenters. The van der Waals surface area contributed by atoms with Crippen LogP contribution in [0.3, 0.4) is 0 Å². The van der Waals surface area contributed by atoms with Crippen molar-refractivity contribution in [1.82, 2.24) is 0 Å². The number of ether oxygens (including phenoxy) is 2. The maximum absolute atomic E-state index is 11.7. The number of hydrogen-bond acceptors (Lipinski definition) is 6. The van der Waals surface area contributed by atoms with Gasteiger partial charge in [-0.05, 0) is 32.6 Å². The Hall–Kier alpha value is -1.14. The van der Waals surface area contributed by atoms with Crippen LogP contribution in [0.1, 0.15) is 96.8 Å². The molecule has 0 saturated carbocycles. The van der Waals surface area contributed by atoms with Gasteiger partial charge in [0.05, 0.1) is 0 Å². The van der Waals surface area contributed by atoms with Gasteiger partial charge in [0.25, 0.3) is 0 Å². The lowest BCUT2D eigenvalue weighted by Gasteiger charge is -2.13. The highest BCUT2D eigenvalue weighted by atomic mass is 16.6. The molecule has 0 fully saturated rings. The highest BCUT2D eigenvalue weighted by Gasteiger charge is 2.12. The van der Waals surface area contributed by atoms with E-state index in [-0.39, 0.29) is 31.8 Å². The van der Waals surface area contributed by atoms with Gasteiger partial charge in [0.15, 0.2) is 0 Å². The number of esters is 2. The summed E-state index contributed by atoms with van der Waals surface area (Å²) in [6.45, 7) is 2.35. The smallest absolute Gasteiger partial charge is 0.306 e. The van der Waals surface area contributed by atoms with Gasteiger partial charge in [0, 0.05) is 26.1 Å². The summed E-state index contributed by atoms with van der Waals surface area (Å²) in [6.07, 6.45) is 12.1. The third kappa shape index (κ3) is 19.4. The maximum Gasteiger partial charge on any atom is 0.306 e. The highest BCUT2D eigenvalue weighted by molar-refractivity contribution is 5.70. The number of aliphatic hydroxyl groups is 2. The first-order valence-corrected chi connectivity index (χ1v) is 10.7. The van der Waals surface area contributed by atoms with E-state index in [4.69, 9.17) is 19.7 Å². The summed E-state index contributed by atoms with van der Waals surface area (Å²) in [5, 5.41) is 17.4. The van der Waals surface area contributed by atoms with E-state index in [9.17, 15) is 9.59 Å². The monoisotopic (exact) mass is 388 g/mol. The summed E-state index contributed by atoms with van der Waals surface area (Å²) in [5.41, 5.74) is 0. The zero-order valence-corrected chi connectivity index (χ0v) is 17.1. The molecule has 6 nitrogen and oxygen atoms in total. The molecule has 0 heterocycles. The molecule has 0 rings (SSSR count). The number of hydrogen-bond donors (Lipinski definition) is 2. The van der Waals surface area contributed by atoms with Crippen molar-refractivity contribution in [3.8, 4) is 0 Å². The lowest BCUT2D eigenvalue weighted by Crippen LogP contribution is -2.22. The Morgan fingerprint density at radius 1 is 0.667 bits per heavy atom. The molecule has 0 spiro atoms. The fourth-order valence-corrected chi connectivity index (χ4v) is 2.78. The summed E-state index contributed by atoms with van der Waals surface area (Å²) >= 11 is 0. The predicted molar refractivity (Wildman–Crippen MR) is 105 cm³/mol. The number of aliphatic hydroxyl groups excluding tert-OH is 2. The molecule has 0 aromatic rings. The molecule has 0 aromatic carbocycles. The Balaban J connectivity index is 3.50. The van der Waals surface area contributed by atoms with Crippen molar-refractivity contribution >= 4 is 11.9 Å². The molecule has 1 unspecified atom stereocenters. The second kappa shape index (κ2) is 19.6. The Morgan fingerprint density at radius 2 is 1.07 bits per heavy atom. The van der Waals surface area contributed by atoms with Gasteiger partial charge < -0.3 is 19.7 Å². The van der Waals surface area contributed by atoms with Crippen molar-refractivity contribution in [3.63, 3.8) is 0 Å². The topological polar surface area (TPSA) is 93.1 Å². The molecule has 0 bridgehead atoms. The molecule has 0 saturated heterocycles. The van der Waals surface area contributed by atoms with Crippen LogP contribution in [0.15, 0.2) is 0 Å². The van der Waals surface area contributed by atoms with E-state index in [1.54, 1.807) is 6.92 Å². The third-order valence-electron chi connectivity index (χ3n) is 4.39. The average molecular weight is 389 g/mol. The number of carbonyl (C=O) groups is 2. The molecule has 0 aliphatic rings. The van der Waals surface area contributed by atoms with Gasteiger partial charge in [-0.25, -0.2) is 0 Å². The lowest BCUT2D eigenvalue weighted by atomic mass is 10.1. The van der Waals surface area contributed by atoms with E-state index in [0.29, 0.717) is 12.8 Å². The molecular formula is C21H40O6. The van der Waals surface area contributed by atoms with Crippen LogP contribution < -0.4 is 0 Å². The largest absolute Gasteiger partial charge is 0.462 e.